The molecular weight excluding hydrogens is 252 g/mol. The molecule has 2 N–H and O–H groups in total. The Balaban J connectivity index is 2.74. The van der Waals surface area contributed by atoms with Gasteiger partial charge in [-0.15, -0.1) is 0 Å². The van der Waals surface area contributed by atoms with Crippen LogP contribution in [0.5, 0.6) is 0 Å². The molecule has 4 heteroatoms. The molecule has 0 bridgehead atoms. The van der Waals surface area contributed by atoms with E-state index in [2.05, 4.69) is 0 Å². The van der Waals surface area contributed by atoms with E-state index in [0.717, 1.165) is 11.1 Å². The number of rotatable bonds is 5. The Morgan fingerprint density at radius 3 is 2.45 bits per heavy atom. The Morgan fingerprint density at radius 1 is 1.35 bits per heavy atom. The summed E-state index contributed by atoms with van der Waals surface area (Å²) in [6, 6.07) is 7.43. The molecule has 2 amide bonds. The van der Waals surface area contributed by atoms with E-state index < -0.39 is 0 Å². The second-order valence-corrected chi connectivity index (χ2v) is 6.23. The summed E-state index contributed by atoms with van der Waals surface area (Å²) in [6.45, 7) is 8.18. The number of nitrogens with zero attached hydrogens (tertiary/aromatic N) is 1. The molecule has 0 aliphatic heterocycles. The number of benzene rings is 1. The second-order valence-electron chi connectivity index (χ2n) is 6.23. The molecule has 1 rings (SSSR count). The predicted octanol–water partition coefficient (Wildman–Crippen LogP) is 1.90. The minimum Gasteiger partial charge on any atom is -0.326 e. The molecule has 0 spiro atoms. The van der Waals surface area contributed by atoms with Gasteiger partial charge in [0.15, 0.2) is 0 Å². The summed E-state index contributed by atoms with van der Waals surface area (Å²) in [4.78, 5) is 24.5. The fraction of sp³-hybridized carbons (Fsp3) is 0.500. The topological polar surface area (TPSA) is 63.4 Å². The first-order chi connectivity index (χ1) is 9.25. The average molecular weight is 276 g/mol. The number of imide groups is 1. The molecule has 0 saturated heterocycles. The lowest BCUT2D eigenvalue weighted by Crippen LogP contribution is -2.47. The SMILES string of the molecule is Cc1ccccc1CC(=O)N(C=O)C[C@@H](N)C(C)(C)C. The first kappa shape index (κ1) is 16.4. The summed E-state index contributed by atoms with van der Waals surface area (Å²) in [7, 11) is 0. The minimum atomic E-state index is -0.242. The van der Waals surface area contributed by atoms with E-state index in [1.807, 2.05) is 52.0 Å². The maximum atomic E-state index is 12.2. The molecule has 4 nitrogen and oxygen atoms in total. The summed E-state index contributed by atoms with van der Waals surface area (Å²) in [6.07, 6.45) is 0.800. The van der Waals surface area contributed by atoms with Crippen molar-refractivity contribution < 1.29 is 9.59 Å². The van der Waals surface area contributed by atoms with E-state index in [1.54, 1.807) is 0 Å². The third kappa shape index (κ3) is 4.46. The van der Waals surface area contributed by atoms with Crippen molar-refractivity contribution in [1.29, 1.82) is 0 Å². The molecule has 0 radical (unpaired) electrons. The van der Waals surface area contributed by atoms with Crippen LogP contribution < -0.4 is 5.73 Å². The zero-order chi connectivity index (χ0) is 15.3. The van der Waals surface area contributed by atoms with Gasteiger partial charge in [0.05, 0.1) is 6.42 Å². The Labute approximate surface area is 121 Å². The fourth-order valence-electron chi connectivity index (χ4n) is 1.76. The van der Waals surface area contributed by atoms with Gasteiger partial charge in [0.25, 0.3) is 0 Å². The van der Waals surface area contributed by atoms with Crippen LogP contribution in [0.3, 0.4) is 0 Å². The van der Waals surface area contributed by atoms with Gasteiger partial charge in [0, 0.05) is 12.6 Å². The normalized spacial score (nSPS) is 12.8. The van der Waals surface area contributed by atoms with E-state index in [9.17, 15) is 9.59 Å². The summed E-state index contributed by atoms with van der Waals surface area (Å²) in [5, 5.41) is 0. The Bertz CT molecular complexity index is 478. The minimum absolute atomic E-state index is 0.149. The highest BCUT2D eigenvalue weighted by molar-refractivity contribution is 5.88. The van der Waals surface area contributed by atoms with Crippen LogP contribution in [0, 0.1) is 12.3 Å². The lowest BCUT2D eigenvalue weighted by molar-refractivity contribution is -0.138. The maximum Gasteiger partial charge on any atom is 0.233 e. The number of hydrogen-bond acceptors (Lipinski definition) is 3. The van der Waals surface area contributed by atoms with Gasteiger partial charge in [-0.25, -0.2) is 0 Å². The number of carbonyl (C=O) groups is 2. The third-order valence-electron chi connectivity index (χ3n) is 3.56. The zero-order valence-corrected chi connectivity index (χ0v) is 12.7. The largest absolute Gasteiger partial charge is 0.326 e. The standard InChI is InChI=1S/C16H24N2O2/c1-12-7-5-6-8-13(12)9-15(20)18(11-19)10-14(17)16(2,3)4/h5-8,11,14H,9-10,17H2,1-4H3/t14-/m1/s1. The molecule has 1 atom stereocenters. The highest BCUT2D eigenvalue weighted by atomic mass is 16.2. The molecule has 0 saturated carbocycles. The van der Waals surface area contributed by atoms with Crippen LogP contribution >= 0.6 is 0 Å². The van der Waals surface area contributed by atoms with E-state index in [1.165, 1.54) is 4.90 Å². The van der Waals surface area contributed by atoms with Gasteiger partial charge in [0.1, 0.15) is 0 Å². The van der Waals surface area contributed by atoms with E-state index in [0.29, 0.717) is 6.41 Å². The highest BCUT2D eigenvalue weighted by Crippen LogP contribution is 2.18. The van der Waals surface area contributed by atoms with Crippen molar-refractivity contribution in [2.24, 2.45) is 11.1 Å². The smallest absolute Gasteiger partial charge is 0.233 e. The molecule has 0 aliphatic carbocycles. The van der Waals surface area contributed by atoms with Crippen molar-refractivity contribution in [3.05, 3.63) is 35.4 Å². The number of hydrogen-bond donors (Lipinski definition) is 1. The van der Waals surface area contributed by atoms with E-state index in [-0.39, 0.29) is 30.3 Å². The Kier molecular flexibility index (Phi) is 5.45. The molecule has 0 unspecified atom stereocenters. The van der Waals surface area contributed by atoms with Gasteiger partial charge in [-0.1, -0.05) is 45.0 Å². The highest BCUT2D eigenvalue weighted by Gasteiger charge is 2.25. The van der Waals surface area contributed by atoms with Crippen LogP contribution in [0.2, 0.25) is 0 Å². The van der Waals surface area contributed by atoms with Crippen LogP contribution in [0.1, 0.15) is 31.9 Å². The van der Waals surface area contributed by atoms with Crippen molar-refractivity contribution in [3.63, 3.8) is 0 Å². The van der Waals surface area contributed by atoms with E-state index >= 15 is 0 Å². The molecule has 0 fully saturated rings. The van der Waals surface area contributed by atoms with E-state index in [4.69, 9.17) is 5.73 Å². The zero-order valence-electron chi connectivity index (χ0n) is 12.7. The maximum absolute atomic E-state index is 12.2. The van der Waals surface area contributed by atoms with Crippen molar-refractivity contribution in [3.8, 4) is 0 Å². The molecule has 110 valence electrons. The second kappa shape index (κ2) is 6.66. The molecule has 1 aromatic carbocycles. The van der Waals surface area contributed by atoms with Gasteiger partial charge in [0.2, 0.25) is 12.3 Å². The van der Waals surface area contributed by atoms with Gasteiger partial charge < -0.3 is 5.73 Å². The third-order valence-corrected chi connectivity index (χ3v) is 3.56. The van der Waals surface area contributed by atoms with Gasteiger partial charge >= 0.3 is 0 Å². The van der Waals surface area contributed by atoms with Crippen LogP contribution in [0.25, 0.3) is 0 Å². The summed E-state index contributed by atoms with van der Waals surface area (Å²) in [5.41, 5.74) is 7.87. The van der Waals surface area contributed by atoms with Crippen molar-refractivity contribution in [1.82, 2.24) is 4.90 Å². The first-order valence-electron chi connectivity index (χ1n) is 6.80. The Hall–Kier alpha value is -1.68. The predicted molar refractivity (Wildman–Crippen MR) is 80.1 cm³/mol. The quantitative estimate of drug-likeness (QED) is 0.835. The van der Waals surface area contributed by atoms with Crippen molar-refractivity contribution in [2.75, 3.05) is 6.54 Å². The molecule has 20 heavy (non-hydrogen) atoms. The monoisotopic (exact) mass is 276 g/mol. The number of amides is 2. The molecular formula is C16H24N2O2. The van der Waals surface area contributed by atoms with Crippen molar-refractivity contribution >= 4 is 12.3 Å². The van der Waals surface area contributed by atoms with Crippen LogP contribution in [-0.2, 0) is 16.0 Å². The average Bonchev–Trinajstić information content (AvgIpc) is 2.37. The number of carbonyl (C=O) groups excluding carboxylic acids is 2. The Morgan fingerprint density at radius 2 is 1.95 bits per heavy atom. The first-order valence-corrected chi connectivity index (χ1v) is 6.80. The van der Waals surface area contributed by atoms with Crippen LogP contribution in [0.4, 0.5) is 0 Å². The van der Waals surface area contributed by atoms with Crippen LogP contribution in [-0.4, -0.2) is 29.8 Å². The summed E-state index contributed by atoms with van der Waals surface area (Å²) in [5.74, 6) is -0.214. The lowest BCUT2D eigenvalue weighted by Gasteiger charge is -2.30. The van der Waals surface area contributed by atoms with Crippen LogP contribution in [0.15, 0.2) is 24.3 Å². The van der Waals surface area contributed by atoms with Crippen molar-refractivity contribution in [2.45, 2.75) is 40.2 Å². The molecule has 0 aromatic heterocycles. The summed E-state index contributed by atoms with van der Waals surface area (Å²) >= 11 is 0. The van der Waals surface area contributed by atoms with Gasteiger partial charge in [-0.3, -0.25) is 14.5 Å². The fourth-order valence-corrected chi connectivity index (χ4v) is 1.76. The molecule has 0 aliphatic rings. The number of aryl methyl sites for hydroxylation is 1. The van der Waals surface area contributed by atoms with Gasteiger partial charge in [-0.05, 0) is 23.5 Å². The molecule has 0 heterocycles. The molecule has 1 aromatic rings. The number of nitrogens with two attached hydrogens (primary N) is 1. The lowest BCUT2D eigenvalue weighted by atomic mass is 9.87. The summed E-state index contributed by atoms with van der Waals surface area (Å²) < 4.78 is 0. The van der Waals surface area contributed by atoms with Gasteiger partial charge in [-0.2, -0.15) is 0 Å².